The number of amides is 3. The summed E-state index contributed by atoms with van der Waals surface area (Å²) >= 11 is 0. The molecule has 0 aromatic heterocycles. The van der Waals surface area contributed by atoms with Crippen LogP contribution in [0.15, 0.2) is 29.3 Å². The Morgan fingerprint density at radius 1 is 1.30 bits per heavy atom. The molecule has 1 saturated heterocycles. The number of benzene rings is 1. The maximum Gasteiger partial charge on any atom is 0.397 e. The lowest BCUT2D eigenvalue weighted by Crippen LogP contribution is -2.63. The fourth-order valence-electron chi connectivity index (χ4n) is 3.70. The van der Waals surface area contributed by atoms with Crippen molar-refractivity contribution in [3.05, 3.63) is 29.8 Å². The van der Waals surface area contributed by atoms with E-state index in [0.717, 1.165) is 17.0 Å². The van der Waals surface area contributed by atoms with E-state index in [9.17, 15) is 14.4 Å². The number of urea groups is 1. The van der Waals surface area contributed by atoms with Gasteiger partial charge in [-0.2, -0.15) is 0 Å². The van der Waals surface area contributed by atoms with Gasteiger partial charge in [-0.15, -0.1) is 0 Å². The number of carboxylic acids is 1. The number of imide groups is 1. The summed E-state index contributed by atoms with van der Waals surface area (Å²) in [4.78, 5) is 44.9. The molecule has 9 nitrogen and oxygen atoms in total. The molecule has 0 aliphatic carbocycles. The lowest BCUT2D eigenvalue weighted by Gasteiger charge is -2.32. The highest BCUT2D eigenvalue weighted by molar-refractivity contribution is 6.24. The lowest BCUT2D eigenvalue weighted by molar-refractivity contribution is -0.525. The number of fused-ring (bicyclic) bond motifs is 2. The molecule has 1 unspecified atom stereocenters. The lowest BCUT2D eigenvalue weighted by atomic mass is 10.1. The van der Waals surface area contributed by atoms with E-state index >= 15 is 0 Å². The third kappa shape index (κ3) is 2.57. The van der Waals surface area contributed by atoms with Crippen LogP contribution in [0.4, 0.5) is 10.5 Å². The third-order valence-corrected chi connectivity index (χ3v) is 5.14. The standard InChI is InChI=1S/C18H19N5O4/c1-3-11-4-6-12(7-5-11)21-8-9-22-14-15(19-17(21)22)20(2)18(27)23(16(14)26)10-13(24)25/h4-7,14H,3,8-10H2,1-2H3/p+1. The van der Waals surface area contributed by atoms with Crippen LogP contribution in [0.2, 0.25) is 0 Å². The molecule has 1 N–H and O–H groups in total. The van der Waals surface area contributed by atoms with Gasteiger partial charge >= 0.3 is 18.0 Å². The third-order valence-electron chi connectivity index (χ3n) is 5.14. The Labute approximate surface area is 155 Å². The number of aliphatic carboxylic acids is 1. The SMILES string of the molecule is CCc1ccc(N2CC[N+]3=C2N=C2C3C(=O)N(CC(=O)O)C(=O)N2C)cc1. The van der Waals surface area contributed by atoms with E-state index in [2.05, 4.69) is 24.0 Å². The summed E-state index contributed by atoms with van der Waals surface area (Å²) in [7, 11) is 1.51. The summed E-state index contributed by atoms with van der Waals surface area (Å²) in [5, 5.41) is 9.03. The van der Waals surface area contributed by atoms with Crippen LogP contribution in [0, 0.1) is 0 Å². The zero-order valence-electron chi connectivity index (χ0n) is 15.1. The highest BCUT2D eigenvalue weighted by atomic mass is 16.4. The molecule has 9 heteroatoms. The minimum atomic E-state index is -1.23. The fourth-order valence-corrected chi connectivity index (χ4v) is 3.70. The molecule has 1 fully saturated rings. The summed E-state index contributed by atoms with van der Waals surface area (Å²) in [5.74, 6) is -0.815. The molecule has 4 rings (SSSR count). The number of anilines is 1. The molecule has 0 bridgehead atoms. The zero-order chi connectivity index (χ0) is 19.3. The van der Waals surface area contributed by atoms with E-state index in [1.807, 2.05) is 21.6 Å². The molecule has 0 saturated carbocycles. The van der Waals surface area contributed by atoms with Gasteiger partial charge in [-0.25, -0.2) is 19.2 Å². The first kappa shape index (κ1) is 17.2. The summed E-state index contributed by atoms with van der Waals surface area (Å²) in [6.45, 7) is 2.67. The summed E-state index contributed by atoms with van der Waals surface area (Å²) in [5.41, 5.74) is 2.20. The summed E-state index contributed by atoms with van der Waals surface area (Å²) < 4.78 is 1.84. The number of aryl methyl sites for hydroxylation is 1. The largest absolute Gasteiger partial charge is 0.480 e. The number of aliphatic imine (C=N–C) groups is 1. The number of hydrogen-bond donors (Lipinski definition) is 1. The smallest absolute Gasteiger partial charge is 0.397 e. The molecule has 3 aliphatic rings. The Kier molecular flexibility index (Phi) is 3.94. The Morgan fingerprint density at radius 3 is 2.63 bits per heavy atom. The molecule has 3 amide bonds. The maximum absolute atomic E-state index is 12.8. The molecule has 3 heterocycles. The molecule has 140 valence electrons. The van der Waals surface area contributed by atoms with Gasteiger partial charge in [0.1, 0.15) is 18.8 Å². The van der Waals surface area contributed by atoms with Crippen LogP contribution in [-0.4, -0.2) is 81.9 Å². The van der Waals surface area contributed by atoms with Crippen molar-refractivity contribution >= 4 is 35.4 Å². The van der Waals surface area contributed by atoms with Crippen LogP contribution in [0.5, 0.6) is 0 Å². The van der Waals surface area contributed by atoms with Crippen molar-refractivity contribution < 1.29 is 24.1 Å². The minimum Gasteiger partial charge on any atom is -0.480 e. The van der Waals surface area contributed by atoms with Gasteiger partial charge in [-0.3, -0.25) is 14.5 Å². The van der Waals surface area contributed by atoms with E-state index in [1.165, 1.54) is 17.5 Å². The van der Waals surface area contributed by atoms with Gasteiger partial charge < -0.3 is 5.11 Å². The predicted molar refractivity (Wildman–Crippen MR) is 97.0 cm³/mol. The van der Waals surface area contributed by atoms with Gasteiger partial charge in [0, 0.05) is 7.05 Å². The fraction of sp³-hybridized carbons (Fsp3) is 0.389. The van der Waals surface area contributed by atoms with Crippen molar-refractivity contribution in [2.75, 3.05) is 31.6 Å². The van der Waals surface area contributed by atoms with Gasteiger partial charge in [-0.05, 0) is 24.1 Å². The van der Waals surface area contributed by atoms with Gasteiger partial charge in [0.25, 0.3) is 5.91 Å². The number of rotatable bonds is 4. The Bertz CT molecular complexity index is 905. The second-order valence-electron chi connectivity index (χ2n) is 6.70. The Hall–Kier alpha value is -3.23. The van der Waals surface area contributed by atoms with Crippen molar-refractivity contribution in [2.24, 2.45) is 4.99 Å². The van der Waals surface area contributed by atoms with E-state index < -0.39 is 30.5 Å². The number of amidine groups is 1. The topological polar surface area (TPSA) is 96.5 Å². The predicted octanol–water partition coefficient (Wildman–Crippen LogP) is 0.197. The Balaban J connectivity index is 1.69. The van der Waals surface area contributed by atoms with Crippen molar-refractivity contribution in [3.8, 4) is 0 Å². The second-order valence-corrected chi connectivity index (χ2v) is 6.70. The highest BCUT2D eigenvalue weighted by Crippen LogP contribution is 2.27. The van der Waals surface area contributed by atoms with Gasteiger partial charge in [0.15, 0.2) is 0 Å². The molecular weight excluding hydrogens is 350 g/mol. The van der Waals surface area contributed by atoms with Crippen molar-refractivity contribution in [2.45, 2.75) is 19.4 Å². The second kappa shape index (κ2) is 6.19. The van der Waals surface area contributed by atoms with E-state index in [0.29, 0.717) is 24.9 Å². The van der Waals surface area contributed by atoms with Crippen molar-refractivity contribution in [3.63, 3.8) is 0 Å². The van der Waals surface area contributed by atoms with Gasteiger partial charge in [0.2, 0.25) is 11.9 Å². The molecule has 1 aromatic rings. The first-order chi connectivity index (χ1) is 12.9. The molecule has 27 heavy (non-hydrogen) atoms. The molecule has 1 aromatic carbocycles. The average Bonchev–Trinajstić information content (AvgIpc) is 3.22. The van der Waals surface area contributed by atoms with Crippen LogP contribution in [0.3, 0.4) is 0 Å². The minimum absolute atomic E-state index is 0.344. The van der Waals surface area contributed by atoms with E-state index in [-0.39, 0.29) is 0 Å². The number of likely N-dealkylation sites (N-methyl/N-ethyl adjacent to an activating group) is 1. The number of carbonyl (C=O) groups excluding carboxylic acids is 2. The number of nitrogens with zero attached hydrogens (tertiary/aromatic N) is 5. The molecule has 3 aliphatic heterocycles. The average molecular weight is 370 g/mol. The molecule has 0 radical (unpaired) electrons. The number of carboxylic acid groups (broad SMARTS) is 1. The Morgan fingerprint density at radius 2 is 2.00 bits per heavy atom. The molecular formula is C18H20N5O4+. The first-order valence-electron chi connectivity index (χ1n) is 8.82. The zero-order valence-corrected chi connectivity index (χ0v) is 15.1. The normalized spacial score (nSPS) is 21.6. The van der Waals surface area contributed by atoms with Crippen molar-refractivity contribution in [1.29, 1.82) is 0 Å². The van der Waals surface area contributed by atoms with Gasteiger partial charge in [-0.1, -0.05) is 24.0 Å². The van der Waals surface area contributed by atoms with E-state index in [4.69, 9.17) is 5.11 Å². The summed E-state index contributed by atoms with van der Waals surface area (Å²) in [6.07, 6.45) is 0.953. The van der Waals surface area contributed by atoms with Crippen LogP contribution in [0.25, 0.3) is 0 Å². The molecule has 0 spiro atoms. The highest BCUT2D eigenvalue weighted by Gasteiger charge is 2.55. The summed E-state index contributed by atoms with van der Waals surface area (Å²) in [6, 6.07) is 6.72. The van der Waals surface area contributed by atoms with Crippen LogP contribution < -0.4 is 4.90 Å². The number of hydrogen-bond acceptors (Lipinski definition) is 5. The number of guanidine groups is 1. The monoisotopic (exact) mass is 370 g/mol. The number of carbonyl (C=O) groups is 3. The van der Waals surface area contributed by atoms with Crippen LogP contribution >= 0.6 is 0 Å². The first-order valence-corrected chi connectivity index (χ1v) is 8.82. The maximum atomic E-state index is 12.8. The quantitative estimate of drug-likeness (QED) is 0.764. The van der Waals surface area contributed by atoms with Crippen LogP contribution in [0.1, 0.15) is 12.5 Å². The van der Waals surface area contributed by atoms with Crippen molar-refractivity contribution in [1.82, 2.24) is 9.80 Å². The molecule has 1 atom stereocenters. The van der Waals surface area contributed by atoms with Crippen LogP contribution in [-0.2, 0) is 16.0 Å². The van der Waals surface area contributed by atoms with Gasteiger partial charge in [0.05, 0.1) is 6.54 Å². The van der Waals surface area contributed by atoms with E-state index in [1.54, 1.807) is 0 Å².